The number of nitrogens with two attached hydrogens (primary N) is 1. The Labute approximate surface area is 113 Å². The van der Waals surface area contributed by atoms with E-state index in [0.717, 1.165) is 44.0 Å². The molecule has 6 nitrogen and oxygen atoms in total. The zero-order valence-corrected chi connectivity index (χ0v) is 11.8. The van der Waals surface area contributed by atoms with Gasteiger partial charge in [0, 0.05) is 38.7 Å². The predicted molar refractivity (Wildman–Crippen MR) is 75.0 cm³/mol. The van der Waals surface area contributed by atoms with Crippen LogP contribution in [0.3, 0.4) is 0 Å². The molecule has 19 heavy (non-hydrogen) atoms. The molecule has 6 heteroatoms. The average molecular weight is 263 g/mol. The molecule has 1 saturated heterocycles. The summed E-state index contributed by atoms with van der Waals surface area (Å²) >= 11 is 0. The SMILES string of the molecule is CC(=O)N1CCCN(c2nc(C)nc(N)c2C)CC1. The van der Waals surface area contributed by atoms with Gasteiger partial charge in [0.1, 0.15) is 17.5 Å². The van der Waals surface area contributed by atoms with Gasteiger partial charge in [-0.2, -0.15) is 0 Å². The first-order chi connectivity index (χ1) is 8.99. The van der Waals surface area contributed by atoms with E-state index in [4.69, 9.17) is 5.73 Å². The monoisotopic (exact) mass is 263 g/mol. The molecule has 0 atom stereocenters. The molecule has 1 fully saturated rings. The van der Waals surface area contributed by atoms with Crippen molar-refractivity contribution in [1.29, 1.82) is 0 Å². The summed E-state index contributed by atoms with van der Waals surface area (Å²) in [6.07, 6.45) is 0.946. The number of aromatic nitrogens is 2. The molecule has 104 valence electrons. The summed E-state index contributed by atoms with van der Waals surface area (Å²) in [4.78, 5) is 24.2. The van der Waals surface area contributed by atoms with E-state index in [0.29, 0.717) is 11.6 Å². The maximum Gasteiger partial charge on any atom is 0.219 e. The van der Waals surface area contributed by atoms with E-state index in [9.17, 15) is 4.79 Å². The van der Waals surface area contributed by atoms with Gasteiger partial charge in [-0.3, -0.25) is 4.79 Å². The van der Waals surface area contributed by atoms with Gasteiger partial charge in [-0.15, -0.1) is 0 Å². The Kier molecular flexibility index (Phi) is 3.87. The molecule has 1 aliphatic rings. The maximum absolute atomic E-state index is 11.4. The number of hydrogen-bond acceptors (Lipinski definition) is 5. The van der Waals surface area contributed by atoms with Gasteiger partial charge in [-0.05, 0) is 20.3 Å². The molecule has 1 amide bonds. The van der Waals surface area contributed by atoms with Gasteiger partial charge >= 0.3 is 0 Å². The second-order valence-corrected chi connectivity index (χ2v) is 4.95. The van der Waals surface area contributed by atoms with Crippen LogP contribution in [0.2, 0.25) is 0 Å². The summed E-state index contributed by atoms with van der Waals surface area (Å²) in [5.41, 5.74) is 6.82. The first-order valence-electron chi connectivity index (χ1n) is 6.60. The summed E-state index contributed by atoms with van der Waals surface area (Å²) in [7, 11) is 0. The van der Waals surface area contributed by atoms with E-state index in [1.54, 1.807) is 6.92 Å². The largest absolute Gasteiger partial charge is 0.383 e. The van der Waals surface area contributed by atoms with Gasteiger partial charge in [0.05, 0.1) is 0 Å². The lowest BCUT2D eigenvalue weighted by Crippen LogP contribution is -2.34. The molecule has 1 aromatic rings. The van der Waals surface area contributed by atoms with Crippen molar-refractivity contribution in [3.8, 4) is 0 Å². The lowest BCUT2D eigenvalue weighted by molar-refractivity contribution is -0.128. The topological polar surface area (TPSA) is 75.4 Å². The highest BCUT2D eigenvalue weighted by atomic mass is 16.2. The molecular formula is C13H21N5O. The van der Waals surface area contributed by atoms with Crippen molar-refractivity contribution < 1.29 is 4.79 Å². The normalized spacial score (nSPS) is 16.4. The third kappa shape index (κ3) is 2.94. The molecule has 1 aromatic heterocycles. The molecule has 0 aliphatic carbocycles. The van der Waals surface area contributed by atoms with E-state index in [2.05, 4.69) is 14.9 Å². The highest BCUT2D eigenvalue weighted by Crippen LogP contribution is 2.22. The molecule has 1 aliphatic heterocycles. The molecule has 0 bridgehead atoms. The van der Waals surface area contributed by atoms with Crippen molar-refractivity contribution in [2.24, 2.45) is 0 Å². The summed E-state index contributed by atoms with van der Waals surface area (Å²) in [6.45, 7) is 8.63. The van der Waals surface area contributed by atoms with Crippen LogP contribution in [0.25, 0.3) is 0 Å². The van der Waals surface area contributed by atoms with Crippen LogP contribution in [-0.4, -0.2) is 47.0 Å². The van der Waals surface area contributed by atoms with Gasteiger partial charge in [0.15, 0.2) is 0 Å². The first-order valence-corrected chi connectivity index (χ1v) is 6.60. The summed E-state index contributed by atoms with van der Waals surface area (Å²) in [6, 6.07) is 0. The van der Waals surface area contributed by atoms with Gasteiger partial charge in [-0.1, -0.05) is 0 Å². The van der Waals surface area contributed by atoms with Crippen LogP contribution in [0, 0.1) is 13.8 Å². The number of nitrogens with zero attached hydrogens (tertiary/aromatic N) is 4. The summed E-state index contributed by atoms with van der Waals surface area (Å²) < 4.78 is 0. The van der Waals surface area contributed by atoms with Gasteiger partial charge < -0.3 is 15.5 Å². The Morgan fingerprint density at radius 3 is 2.58 bits per heavy atom. The zero-order chi connectivity index (χ0) is 14.0. The smallest absolute Gasteiger partial charge is 0.219 e. The van der Waals surface area contributed by atoms with Gasteiger partial charge in [0.2, 0.25) is 5.91 Å². The maximum atomic E-state index is 11.4. The molecule has 0 aromatic carbocycles. The predicted octanol–water partition coefficient (Wildman–Crippen LogP) is 0.734. The summed E-state index contributed by atoms with van der Waals surface area (Å²) in [5, 5.41) is 0. The Bertz CT molecular complexity index is 488. The molecule has 2 heterocycles. The molecule has 0 spiro atoms. The number of aryl methyl sites for hydroxylation is 1. The molecule has 0 radical (unpaired) electrons. The van der Waals surface area contributed by atoms with Crippen LogP contribution in [0.4, 0.5) is 11.6 Å². The number of rotatable bonds is 1. The zero-order valence-electron chi connectivity index (χ0n) is 11.8. The number of carbonyl (C=O) groups is 1. The van der Waals surface area contributed by atoms with E-state index < -0.39 is 0 Å². The number of amides is 1. The third-order valence-corrected chi connectivity index (χ3v) is 3.51. The van der Waals surface area contributed by atoms with Crippen molar-refractivity contribution >= 4 is 17.5 Å². The van der Waals surface area contributed by atoms with E-state index in [-0.39, 0.29) is 5.91 Å². The standard InChI is InChI=1S/C13H21N5O/c1-9-12(14)15-10(2)16-13(9)18-6-4-5-17(7-8-18)11(3)19/h4-8H2,1-3H3,(H2,14,15,16). The number of carbonyl (C=O) groups excluding carboxylic acids is 1. The van der Waals surface area contributed by atoms with Crippen LogP contribution in [0.1, 0.15) is 24.7 Å². The minimum Gasteiger partial charge on any atom is -0.383 e. The second-order valence-electron chi connectivity index (χ2n) is 4.95. The Balaban J connectivity index is 2.21. The number of hydrogen-bond donors (Lipinski definition) is 1. The highest BCUT2D eigenvalue weighted by molar-refractivity contribution is 5.73. The number of anilines is 2. The fourth-order valence-corrected chi connectivity index (χ4v) is 2.39. The first kappa shape index (κ1) is 13.6. The fraction of sp³-hybridized carbons (Fsp3) is 0.615. The summed E-state index contributed by atoms with van der Waals surface area (Å²) in [5.74, 6) is 2.26. The lowest BCUT2D eigenvalue weighted by Gasteiger charge is -2.24. The Morgan fingerprint density at radius 1 is 1.16 bits per heavy atom. The van der Waals surface area contributed by atoms with Crippen LogP contribution >= 0.6 is 0 Å². The van der Waals surface area contributed by atoms with Gasteiger partial charge in [-0.25, -0.2) is 9.97 Å². The van der Waals surface area contributed by atoms with Crippen molar-refractivity contribution in [2.75, 3.05) is 36.8 Å². The quantitative estimate of drug-likeness (QED) is 0.808. The van der Waals surface area contributed by atoms with Crippen LogP contribution < -0.4 is 10.6 Å². The fourth-order valence-electron chi connectivity index (χ4n) is 2.39. The highest BCUT2D eigenvalue weighted by Gasteiger charge is 2.20. The van der Waals surface area contributed by atoms with Gasteiger partial charge in [0.25, 0.3) is 0 Å². The second kappa shape index (κ2) is 5.42. The van der Waals surface area contributed by atoms with Crippen molar-refractivity contribution in [3.05, 3.63) is 11.4 Å². The molecule has 0 saturated carbocycles. The van der Waals surface area contributed by atoms with E-state index in [1.807, 2.05) is 18.7 Å². The third-order valence-electron chi connectivity index (χ3n) is 3.51. The molecule has 0 unspecified atom stereocenters. The van der Waals surface area contributed by atoms with E-state index >= 15 is 0 Å². The van der Waals surface area contributed by atoms with Crippen molar-refractivity contribution in [3.63, 3.8) is 0 Å². The molecular weight excluding hydrogens is 242 g/mol. The molecule has 2 rings (SSSR count). The van der Waals surface area contributed by atoms with Crippen molar-refractivity contribution in [2.45, 2.75) is 27.2 Å². The van der Waals surface area contributed by atoms with Crippen LogP contribution in [0.5, 0.6) is 0 Å². The van der Waals surface area contributed by atoms with Crippen LogP contribution in [0.15, 0.2) is 0 Å². The lowest BCUT2D eigenvalue weighted by atomic mass is 10.2. The minimum atomic E-state index is 0.136. The number of nitrogen functional groups attached to an aromatic ring is 1. The van der Waals surface area contributed by atoms with E-state index in [1.165, 1.54) is 0 Å². The molecule has 2 N–H and O–H groups in total. The average Bonchev–Trinajstić information content (AvgIpc) is 2.59. The Hall–Kier alpha value is -1.85. The Morgan fingerprint density at radius 2 is 1.89 bits per heavy atom. The van der Waals surface area contributed by atoms with Crippen molar-refractivity contribution in [1.82, 2.24) is 14.9 Å². The van der Waals surface area contributed by atoms with Crippen LogP contribution in [-0.2, 0) is 4.79 Å². The minimum absolute atomic E-state index is 0.136.